The van der Waals surface area contributed by atoms with Gasteiger partial charge in [-0.3, -0.25) is 0 Å². The fourth-order valence-corrected chi connectivity index (χ4v) is 13.8. The van der Waals surface area contributed by atoms with E-state index in [-0.39, 0.29) is 0 Å². The molecule has 4 aliphatic rings. The molecule has 5 heteroatoms. The summed E-state index contributed by atoms with van der Waals surface area (Å²) in [7, 11) is 5.98. The molecule has 6 rings (SSSR count). The normalized spacial score (nSPS) is 21.8. The van der Waals surface area contributed by atoms with Crippen molar-refractivity contribution >= 4 is 31.4 Å². The van der Waals surface area contributed by atoms with E-state index in [1.165, 1.54) is 160 Å². The maximum absolute atomic E-state index is 11.2. The molecule has 0 radical (unpaired) electrons. The lowest BCUT2D eigenvalue weighted by atomic mass is 9.78. The molecule has 2 aromatic rings. The average molecular weight is 639 g/mol. The van der Waals surface area contributed by atoms with Crippen LogP contribution in [0.1, 0.15) is 185 Å². The predicted molar refractivity (Wildman–Crippen MR) is 188 cm³/mol. The molecule has 236 valence electrons. The zero-order valence-corrected chi connectivity index (χ0v) is 29.2. The van der Waals surface area contributed by atoms with Gasteiger partial charge in [-0.25, -0.2) is 0 Å². The minimum Gasteiger partial charge on any atom is -0.508 e. The Hall–Kier alpha value is -0.910. The molecule has 0 heterocycles. The van der Waals surface area contributed by atoms with Crippen LogP contribution in [0.25, 0.3) is 0 Å². The molecule has 0 atom stereocenters. The summed E-state index contributed by atoms with van der Waals surface area (Å²) in [5.74, 6) is 3.34. The Balaban J connectivity index is 1.37. The molecule has 0 amide bonds. The molecular weight excluding hydrogens is 585 g/mol. The summed E-state index contributed by atoms with van der Waals surface area (Å²) in [5, 5.41) is 22.5. The zero-order valence-electron chi connectivity index (χ0n) is 26.7. The van der Waals surface area contributed by atoms with Crippen molar-refractivity contribution in [1.82, 2.24) is 0 Å². The topological polar surface area (TPSA) is 40.5 Å². The van der Waals surface area contributed by atoms with E-state index in [1.807, 2.05) is 31.4 Å². The van der Waals surface area contributed by atoms with E-state index >= 15 is 0 Å². The lowest BCUT2D eigenvalue weighted by molar-refractivity contribution is 0.417. The minimum atomic E-state index is 0.525. The first kappa shape index (κ1) is 32.0. The summed E-state index contributed by atoms with van der Waals surface area (Å²) in [5.41, 5.74) is 8.07. The molecule has 0 bridgehead atoms. The molecule has 0 saturated heterocycles. The van der Waals surface area contributed by atoms with Crippen LogP contribution in [0.5, 0.6) is 11.5 Å². The lowest BCUT2D eigenvalue weighted by Gasteiger charge is -2.32. The molecule has 2 aromatic carbocycles. The van der Waals surface area contributed by atoms with Gasteiger partial charge in [0.2, 0.25) is 0 Å². The molecule has 43 heavy (non-hydrogen) atoms. The Labute approximate surface area is 273 Å². The maximum Gasteiger partial charge on any atom is 0.119 e. The summed E-state index contributed by atoms with van der Waals surface area (Å²) in [6.45, 7) is 4.36. The molecule has 0 aliphatic heterocycles. The SMILES string of the molecule is Cc1c(O)cc(C2CCCCC2)c(SSSc2c(C3CCCCC3)cc(O)c(C)c2C2CCCCC2)c1C1CCCCC1. The third-order valence-electron chi connectivity index (χ3n) is 11.5. The maximum atomic E-state index is 11.2. The molecule has 2 N–H and O–H groups in total. The molecular formula is C38H54O2S3. The highest BCUT2D eigenvalue weighted by Crippen LogP contribution is 2.57. The van der Waals surface area contributed by atoms with Crippen LogP contribution in [-0.2, 0) is 0 Å². The third-order valence-corrected chi connectivity index (χ3v) is 15.5. The Kier molecular flexibility index (Phi) is 11.3. The molecule has 0 unspecified atom stereocenters. The Morgan fingerprint density at radius 1 is 0.465 bits per heavy atom. The second-order valence-electron chi connectivity index (χ2n) is 14.3. The fourth-order valence-electron chi connectivity index (χ4n) is 9.04. The highest BCUT2D eigenvalue weighted by Gasteiger charge is 2.31. The number of hydrogen-bond donors (Lipinski definition) is 2. The van der Waals surface area contributed by atoms with Crippen LogP contribution >= 0.6 is 31.4 Å². The molecule has 4 fully saturated rings. The first-order valence-corrected chi connectivity index (χ1v) is 21.2. The second-order valence-corrected chi connectivity index (χ2v) is 18.2. The van der Waals surface area contributed by atoms with Gasteiger partial charge >= 0.3 is 0 Å². The van der Waals surface area contributed by atoms with E-state index in [2.05, 4.69) is 26.0 Å². The van der Waals surface area contributed by atoms with Gasteiger partial charge in [0.25, 0.3) is 0 Å². The predicted octanol–water partition coefficient (Wildman–Crippen LogP) is 13.4. The number of phenols is 2. The van der Waals surface area contributed by atoms with E-state index < -0.39 is 0 Å². The van der Waals surface area contributed by atoms with Crippen LogP contribution in [0.3, 0.4) is 0 Å². The van der Waals surface area contributed by atoms with Crippen molar-refractivity contribution in [3.05, 3.63) is 45.5 Å². The van der Waals surface area contributed by atoms with E-state index in [0.29, 0.717) is 35.2 Å². The minimum absolute atomic E-state index is 0.525. The largest absolute Gasteiger partial charge is 0.508 e. The van der Waals surface area contributed by atoms with Gasteiger partial charge in [0.15, 0.2) is 0 Å². The first-order chi connectivity index (χ1) is 21.0. The first-order valence-electron chi connectivity index (χ1n) is 17.8. The quantitative estimate of drug-likeness (QED) is 0.282. The van der Waals surface area contributed by atoms with E-state index in [1.54, 1.807) is 0 Å². The van der Waals surface area contributed by atoms with Gasteiger partial charge in [-0.1, -0.05) is 77.0 Å². The smallest absolute Gasteiger partial charge is 0.119 e. The van der Waals surface area contributed by atoms with E-state index in [0.717, 1.165) is 11.1 Å². The van der Waals surface area contributed by atoms with Crippen molar-refractivity contribution in [2.24, 2.45) is 0 Å². The summed E-state index contributed by atoms with van der Waals surface area (Å²) >= 11 is 0. The molecule has 2 nitrogen and oxygen atoms in total. The number of rotatable bonds is 8. The van der Waals surface area contributed by atoms with E-state index in [9.17, 15) is 10.2 Å². The summed E-state index contributed by atoms with van der Waals surface area (Å²) in [6, 6.07) is 4.33. The summed E-state index contributed by atoms with van der Waals surface area (Å²) in [6.07, 6.45) is 26.0. The van der Waals surface area contributed by atoms with Crippen molar-refractivity contribution in [1.29, 1.82) is 0 Å². The average Bonchev–Trinajstić information content (AvgIpc) is 3.06. The van der Waals surface area contributed by atoms with Crippen molar-refractivity contribution in [3.8, 4) is 11.5 Å². The molecule has 0 aromatic heterocycles. The van der Waals surface area contributed by atoms with Gasteiger partial charge in [-0.15, -0.1) is 0 Å². The van der Waals surface area contributed by atoms with Crippen LogP contribution in [0, 0.1) is 13.8 Å². The van der Waals surface area contributed by atoms with Crippen molar-refractivity contribution in [2.75, 3.05) is 0 Å². The summed E-state index contributed by atoms with van der Waals surface area (Å²) < 4.78 is 0. The second kappa shape index (κ2) is 15.1. The third kappa shape index (κ3) is 7.25. The summed E-state index contributed by atoms with van der Waals surface area (Å²) in [4.78, 5) is 2.97. The van der Waals surface area contributed by atoms with Crippen LogP contribution < -0.4 is 0 Å². The van der Waals surface area contributed by atoms with Gasteiger partial charge in [0.05, 0.1) is 0 Å². The van der Waals surface area contributed by atoms with Crippen LogP contribution in [0.2, 0.25) is 0 Å². The molecule has 0 spiro atoms. The van der Waals surface area contributed by atoms with Crippen molar-refractivity contribution < 1.29 is 10.2 Å². The lowest BCUT2D eigenvalue weighted by Crippen LogP contribution is -2.12. The van der Waals surface area contributed by atoms with Crippen LogP contribution in [0.4, 0.5) is 0 Å². The van der Waals surface area contributed by atoms with Crippen molar-refractivity contribution in [2.45, 2.75) is 176 Å². The molecule has 4 saturated carbocycles. The zero-order chi connectivity index (χ0) is 29.8. The Bertz CT molecular complexity index is 1140. The molecule has 4 aliphatic carbocycles. The fraction of sp³-hybridized carbons (Fsp3) is 0.684. The van der Waals surface area contributed by atoms with Crippen molar-refractivity contribution in [3.63, 3.8) is 0 Å². The highest BCUT2D eigenvalue weighted by atomic mass is 33.5. The Morgan fingerprint density at radius 2 is 0.767 bits per heavy atom. The van der Waals surface area contributed by atoms with Gasteiger partial charge in [0.1, 0.15) is 11.5 Å². The van der Waals surface area contributed by atoms with Gasteiger partial charge < -0.3 is 10.2 Å². The Morgan fingerprint density at radius 3 is 1.09 bits per heavy atom. The number of aromatic hydroxyl groups is 2. The van der Waals surface area contributed by atoms with E-state index in [4.69, 9.17) is 0 Å². The standard InChI is InChI=1S/C38H54O2S3/c1-25-33(39)23-31(27-15-7-3-8-16-27)37(35(25)29-19-11-5-12-20-29)41-43-42-38-32(28-17-9-4-10-18-28)24-34(40)26(2)36(38)30-21-13-6-14-22-30/h23-24,27-30,39-40H,3-22H2,1-2H3. The van der Waals surface area contributed by atoms with Gasteiger partial charge in [-0.2, -0.15) is 0 Å². The highest BCUT2D eigenvalue weighted by molar-refractivity contribution is 9.09. The van der Waals surface area contributed by atoms with Crippen LogP contribution in [-0.4, -0.2) is 10.2 Å². The number of benzene rings is 2. The monoisotopic (exact) mass is 638 g/mol. The van der Waals surface area contributed by atoms with Crippen LogP contribution in [0.15, 0.2) is 21.9 Å². The number of phenolic OH excluding ortho intramolecular Hbond substituents is 2. The van der Waals surface area contributed by atoms with Gasteiger partial charge in [0, 0.05) is 9.79 Å². The van der Waals surface area contributed by atoms with Gasteiger partial charge in [-0.05, 0) is 166 Å². The number of hydrogen-bond acceptors (Lipinski definition) is 5.